The molecule has 0 saturated carbocycles. The molecule has 21 aromatic rings. The number of unbranched alkanes of at least 4 members (excludes halogenated alkanes) is 1. The minimum Gasteiger partial charge on any atom is -0.357 e. The molecule has 8 aromatic heterocycles. The van der Waals surface area contributed by atoms with Crippen molar-refractivity contribution in [2.75, 3.05) is 27.2 Å². The fourth-order valence-electron chi connectivity index (χ4n) is 20.3. The first-order valence-corrected chi connectivity index (χ1v) is 47.6. The van der Waals surface area contributed by atoms with E-state index in [-0.39, 0.29) is 46.0 Å². The normalized spacial score (nSPS) is 13.7. The molecule has 0 atom stereocenters. The molecule has 30 heteroatoms. The van der Waals surface area contributed by atoms with Crippen LogP contribution in [0.1, 0.15) is 83.5 Å². The number of amidine groups is 4. The number of carbonyl (C=O) groups excluding carboxylic acids is 2. The molecule has 0 fully saturated rings. The number of hydrogen-bond donors (Lipinski definition) is 0. The van der Waals surface area contributed by atoms with E-state index in [2.05, 4.69) is 155 Å². The van der Waals surface area contributed by atoms with Crippen LogP contribution in [0.25, 0.3) is 201 Å². The topological polar surface area (TPSA) is 317 Å². The van der Waals surface area contributed by atoms with Gasteiger partial charge >= 0.3 is 40.0 Å². The van der Waals surface area contributed by atoms with Gasteiger partial charge in [0.05, 0.1) is 80.0 Å². The van der Waals surface area contributed by atoms with Crippen molar-refractivity contribution in [3.8, 4) is 91.1 Å². The molecule has 2 radical (unpaired) electrons. The SMILES string of the molecule is CCCC.CCN(C)C.CCN1C(=O)c2ccccc2C1=O.[Cu+2].[Cu+2].c1ccc2c(c1)-c1nc-2nc2[n-]c(nc3nc(nc4[n-]c(n1)c1ccccc41)-c1ccccc1-3)c1ccccc21.c1ccc2c(c1)-c1nc-2nc2[n-]c(nc3nc(nc4[n-]c(n1)c1ccccc41)-c1ccccc1-3)c1ccccc21.c1ccc2c(c1)C1=Nc3c4ccccc4c4n3C35n6c(c7ccccc7c6=NC6=[N+]3C(=N4)c3ccccc36)=NC2=[N+]15. The van der Waals surface area contributed by atoms with E-state index < -0.39 is 5.91 Å². The van der Waals surface area contributed by atoms with Crippen LogP contribution in [0.4, 0.5) is 11.6 Å². The first-order valence-electron chi connectivity index (χ1n) is 47.6. The average molecular weight is 1980 g/mol. The Kier molecular flexibility index (Phi) is 21.2. The van der Waals surface area contributed by atoms with E-state index in [1.807, 2.05) is 194 Å². The van der Waals surface area contributed by atoms with Crippen LogP contribution in [0, 0.1) is 0 Å². The van der Waals surface area contributed by atoms with Gasteiger partial charge in [-0.2, -0.15) is 9.13 Å². The molecule has 145 heavy (non-hydrogen) atoms. The van der Waals surface area contributed by atoms with Gasteiger partial charge in [-0.15, -0.1) is 9.15 Å². The maximum Gasteiger partial charge on any atom is 2.00 e. The average Bonchev–Trinajstić information content (AvgIpc) is 1.46. The minimum absolute atomic E-state index is 0. The molecule has 2 amide bonds. The third kappa shape index (κ3) is 13.6. The summed E-state index contributed by atoms with van der Waals surface area (Å²) in [5.74, 6) is 8.52. The van der Waals surface area contributed by atoms with E-state index in [1.165, 1.54) is 17.7 Å². The fourth-order valence-corrected chi connectivity index (χ4v) is 20.3. The van der Waals surface area contributed by atoms with Gasteiger partial charge in [0.15, 0.2) is 0 Å². The second kappa shape index (κ2) is 34.8. The first kappa shape index (κ1) is 88.5. The first-order chi connectivity index (χ1) is 70.4. The smallest absolute Gasteiger partial charge is 0.357 e. The van der Waals surface area contributed by atoms with Crippen LogP contribution in [-0.4, -0.2) is 150 Å². The van der Waals surface area contributed by atoms with Crippen LogP contribution >= 0.6 is 0 Å². The van der Waals surface area contributed by atoms with E-state index in [4.69, 9.17) is 99.7 Å². The summed E-state index contributed by atoms with van der Waals surface area (Å²) in [5, 5.41) is 11.5. The Morgan fingerprint density at radius 2 is 0.462 bits per heavy atom. The van der Waals surface area contributed by atoms with Gasteiger partial charge in [0.1, 0.15) is 0 Å². The Balaban J connectivity index is 0.000000102. The molecular formula is C115H78Cu2N26O2+2. The molecule has 0 saturated heterocycles. The summed E-state index contributed by atoms with van der Waals surface area (Å²) < 4.78 is 9.32. The van der Waals surface area contributed by atoms with Crippen LogP contribution < -0.4 is 30.9 Å². The summed E-state index contributed by atoms with van der Waals surface area (Å²) in [4.78, 5) is 127. The maximum absolute atomic E-state index is 11.5. The predicted octanol–water partition coefficient (Wildman–Crippen LogP) is 19.6. The van der Waals surface area contributed by atoms with Crippen molar-refractivity contribution in [3.05, 3.63) is 360 Å². The zero-order valence-electron chi connectivity index (χ0n) is 78.4. The van der Waals surface area contributed by atoms with E-state index in [0.29, 0.717) is 109 Å². The van der Waals surface area contributed by atoms with Gasteiger partial charge in [0, 0.05) is 118 Å². The summed E-state index contributed by atoms with van der Waals surface area (Å²) in [5.41, 5.74) is 18.7. The summed E-state index contributed by atoms with van der Waals surface area (Å²) in [6.07, 6.45) is 2.64. The van der Waals surface area contributed by atoms with Crippen LogP contribution in [0.2, 0.25) is 0 Å². The van der Waals surface area contributed by atoms with Crippen molar-refractivity contribution in [1.82, 2.24) is 98.7 Å². The fraction of sp³-hybridized carbons (Fsp3) is 0.0957. The van der Waals surface area contributed by atoms with Crippen molar-refractivity contribution in [3.63, 3.8) is 0 Å². The molecule has 13 aromatic carbocycles. The maximum atomic E-state index is 11.5. The molecule has 1 spiro atoms. The number of carbonyl (C=O) groups is 2. The van der Waals surface area contributed by atoms with Crippen molar-refractivity contribution in [1.29, 1.82) is 0 Å². The number of aliphatic imine (C=N–C) groups is 2. The van der Waals surface area contributed by atoms with E-state index in [9.17, 15) is 9.59 Å². The summed E-state index contributed by atoms with van der Waals surface area (Å²) in [6.45, 7) is 9.86. The molecule has 0 unspecified atom stereocenters. The van der Waals surface area contributed by atoms with Gasteiger partial charge in [-0.1, -0.05) is 308 Å². The van der Waals surface area contributed by atoms with E-state index in [0.717, 1.165) is 184 Å². The third-order valence-corrected chi connectivity index (χ3v) is 27.4. The quantitative estimate of drug-likeness (QED) is 0.0901. The number of hydrogen-bond acceptors (Lipinski definition) is 19. The Labute approximate surface area is 846 Å². The second-order valence-corrected chi connectivity index (χ2v) is 35.8. The largest absolute Gasteiger partial charge is 2.00 e. The van der Waals surface area contributed by atoms with Gasteiger partial charge < -0.3 is 64.7 Å². The summed E-state index contributed by atoms with van der Waals surface area (Å²) in [6, 6.07) is 105. The summed E-state index contributed by atoms with van der Waals surface area (Å²) >= 11 is 0. The van der Waals surface area contributed by atoms with Gasteiger partial charge in [0.25, 0.3) is 35.2 Å². The molecule has 700 valence electrons. The second-order valence-electron chi connectivity index (χ2n) is 35.8. The Bertz CT molecular complexity index is 8720. The standard InChI is InChI=1S/C33H16N8.2C32H16N8.C10H9NO2.C4H11N.C4H10.2Cu/c1-2-10-18-17(9-1)25-34-27-19-11-3-4-12-20(19)29-36-31-23-15-7-8-16-24(23)32-37-30-22-14-6-5-13-21(22)28-35-26(18)38(25)33(39(27)29,40(28)30)41(31)32;2*1-2-10-18-17(9-1)25-33-26(18)38-28-21-13-5-6-14-22(21)30(35-28)40-32-24-16-8-7-15-23(24)31(36-32)39-29-20-12-4-3-11-19(20)27(34-29)37-25;1-2-11-9(12)7-5-3-4-6-8(7)10(11)13;1-4-5(2)3;1-3-4-2;;/h1-16H;2*1-16H;3-6H,2H2,1H3;4H2,1-3H3;3-4H2,1-2H3;;/q+2;2*-2;;;;2*+2. The van der Waals surface area contributed by atoms with Crippen molar-refractivity contribution in [2.45, 2.75) is 46.4 Å². The minimum atomic E-state index is -0.923. The molecule has 28 nitrogen and oxygen atoms in total. The zero-order valence-corrected chi connectivity index (χ0v) is 80.3. The monoisotopic (exact) mass is 1980 g/mol. The van der Waals surface area contributed by atoms with Gasteiger partial charge in [-0.25, -0.2) is 19.9 Å². The molecule has 32 rings (SSSR count). The van der Waals surface area contributed by atoms with E-state index in [1.54, 1.807) is 31.2 Å². The van der Waals surface area contributed by atoms with Gasteiger partial charge in [0.2, 0.25) is 22.6 Å². The number of fused-ring (bicyclic) bond motifs is 53. The Morgan fingerprint density at radius 1 is 0.255 bits per heavy atom. The van der Waals surface area contributed by atoms with Crippen molar-refractivity contribution >= 4 is 157 Å². The van der Waals surface area contributed by atoms with Crippen LogP contribution in [0.15, 0.2) is 335 Å². The number of rotatable bonds is 3. The molecule has 11 aliphatic rings. The molecule has 19 heterocycles. The number of amides is 2. The van der Waals surface area contributed by atoms with Gasteiger partial charge in [-0.3, -0.25) is 14.5 Å². The van der Waals surface area contributed by atoms with Crippen LogP contribution in [0.5, 0.6) is 0 Å². The number of benzene rings is 13. The molecular weight excluding hydrogens is 1900 g/mol. The predicted molar refractivity (Wildman–Crippen MR) is 554 cm³/mol. The van der Waals surface area contributed by atoms with Crippen molar-refractivity contribution in [2.24, 2.45) is 20.0 Å². The van der Waals surface area contributed by atoms with Gasteiger partial charge in [-0.05, 0) is 131 Å². The summed E-state index contributed by atoms with van der Waals surface area (Å²) in [7, 11) is 4.11. The van der Waals surface area contributed by atoms with E-state index >= 15 is 0 Å². The molecule has 16 bridgehead atoms. The third-order valence-electron chi connectivity index (χ3n) is 27.4. The number of aromatic nitrogens is 18. The van der Waals surface area contributed by atoms with Crippen LogP contribution in [0.3, 0.4) is 0 Å². The molecule has 0 aliphatic carbocycles. The number of imide groups is 1. The molecule has 11 aliphatic heterocycles. The number of nitrogens with zero attached hydrogens (tertiary/aromatic N) is 26. The molecule has 0 N–H and O–H groups in total. The Hall–Kier alpha value is -17.9. The zero-order chi connectivity index (χ0) is 95.7. The van der Waals surface area contributed by atoms with Crippen LogP contribution in [-0.2, 0) is 40.0 Å². The van der Waals surface area contributed by atoms with Crippen molar-refractivity contribution < 1.29 is 52.9 Å². The Morgan fingerprint density at radius 3 is 0.690 bits per heavy atom.